The third-order valence-corrected chi connectivity index (χ3v) is 8.75. The zero-order valence-electron chi connectivity index (χ0n) is 29.3. The maximum Gasteiger partial charge on any atom is 0.305 e. The van der Waals surface area contributed by atoms with Gasteiger partial charge in [-0.2, -0.15) is 10.5 Å². The minimum atomic E-state index is -2.04. The fourth-order valence-corrected chi connectivity index (χ4v) is 6.06. The van der Waals surface area contributed by atoms with Gasteiger partial charge in [-0.05, 0) is 30.3 Å². The minimum absolute atomic E-state index is 0.00507. The standard InChI is InChI=1S/C40H8F4N16/c1-48-24(15-47)37-54-22-11-9-16(18(13-45)30(22)56-37)35-58-36(60-40(59-35)34(51-4)39-52-20-7-5-6-8-21(20)53-39)17-10-12-23-32(31(17)49-2)57-38(55-23)33(50-3)25-28(43)26(41)19(14-46)27(42)29(25)44/h5-12H/b37-24+,38-33-. The Bertz CT molecular complexity index is 3660. The molecule has 4 heterocycles. The summed E-state index contributed by atoms with van der Waals surface area (Å²) in [6.07, 6.45) is 0. The Morgan fingerprint density at radius 2 is 1.07 bits per heavy atom. The van der Waals surface area contributed by atoms with E-state index in [0.717, 1.165) is 6.07 Å². The summed E-state index contributed by atoms with van der Waals surface area (Å²) in [5.41, 5.74) is -5.30. The Morgan fingerprint density at radius 1 is 0.533 bits per heavy atom. The molecule has 8 rings (SSSR count). The molecule has 0 saturated heterocycles. The summed E-state index contributed by atoms with van der Waals surface area (Å²) >= 11 is 0. The van der Waals surface area contributed by atoms with Crippen LogP contribution in [0.3, 0.4) is 0 Å². The van der Waals surface area contributed by atoms with Gasteiger partial charge in [0.2, 0.25) is 11.4 Å². The lowest BCUT2D eigenvalue weighted by Crippen LogP contribution is -2.26. The van der Waals surface area contributed by atoms with E-state index in [1.807, 2.05) is 6.07 Å². The molecule has 0 saturated carbocycles. The van der Waals surface area contributed by atoms with Crippen molar-refractivity contribution in [3.05, 3.63) is 195 Å². The molecule has 0 aliphatic carbocycles. The topological polar surface area (TPSA) is 202 Å². The van der Waals surface area contributed by atoms with E-state index in [9.17, 15) is 19.3 Å². The first-order chi connectivity index (χ1) is 29.1. The predicted molar refractivity (Wildman–Crippen MR) is 192 cm³/mol. The second-order valence-corrected chi connectivity index (χ2v) is 12.0. The number of hydrogen-bond donors (Lipinski definition) is 0. The number of benzene rings is 4. The van der Waals surface area contributed by atoms with Crippen molar-refractivity contribution in [1.29, 1.82) is 15.8 Å². The molecule has 3 aliphatic heterocycles. The van der Waals surface area contributed by atoms with E-state index in [1.165, 1.54) is 24.3 Å². The molecule has 0 spiro atoms. The second kappa shape index (κ2) is 14.3. The van der Waals surface area contributed by atoms with Gasteiger partial charge in [0.1, 0.15) is 23.1 Å². The van der Waals surface area contributed by atoms with E-state index in [1.54, 1.807) is 30.3 Å². The molecular weight excluding hydrogens is 781 g/mol. The number of fused-ring (bicyclic) bond motifs is 3. The molecule has 20 heteroatoms. The summed E-state index contributed by atoms with van der Waals surface area (Å²) in [6.45, 7) is 31.1. The maximum absolute atomic E-state index is 15.1. The molecule has 0 fully saturated rings. The number of allylic oxidation sites excluding steroid dienone is 1. The van der Waals surface area contributed by atoms with Gasteiger partial charge in [0.05, 0.1) is 70.3 Å². The van der Waals surface area contributed by atoms with Crippen LogP contribution in [0.15, 0.2) is 102 Å². The zero-order chi connectivity index (χ0) is 42.4. The molecule has 0 N–H and O–H groups in total. The molecule has 0 radical (unpaired) electrons. The fraction of sp³-hybridized carbons (Fsp3) is 0. The van der Waals surface area contributed by atoms with Gasteiger partial charge in [0, 0.05) is 11.1 Å². The van der Waals surface area contributed by atoms with E-state index in [-0.39, 0.29) is 78.6 Å². The number of para-hydroxylation sites is 2. The maximum atomic E-state index is 15.1. The van der Waals surface area contributed by atoms with Crippen LogP contribution in [-0.4, -0.2) is 15.0 Å². The Labute approximate surface area is 331 Å². The summed E-state index contributed by atoms with van der Waals surface area (Å²) in [5.74, 6) is -9.98. The molecule has 3 aliphatic rings. The van der Waals surface area contributed by atoms with Crippen LogP contribution >= 0.6 is 0 Å². The van der Waals surface area contributed by atoms with Crippen LogP contribution in [0.4, 0.5) is 23.2 Å². The molecule has 0 atom stereocenters. The van der Waals surface area contributed by atoms with E-state index >= 15 is 8.78 Å². The summed E-state index contributed by atoms with van der Waals surface area (Å²) in [7, 11) is 0. The van der Waals surface area contributed by atoms with Crippen molar-refractivity contribution in [1.82, 2.24) is 15.0 Å². The number of aromatic nitrogens is 3. The smallest absolute Gasteiger partial charge is 0.250 e. The summed E-state index contributed by atoms with van der Waals surface area (Å²) in [6, 6.07) is 17.0. The lowest BCUT2D eigenvalue weighted by molar-refractivity contribution is 0.446. The molecule has 0 bridgehead atoms. The van der Waals surface area contributed by atoms with Crippen molar-refractivity contribution in [2.75, 3.05) is 0 Å². The zero-order valence-corrected chi connectivity index (χ0v) is 29.3. The highest BCUT2D eigenvalue weighted by Crippen LogP contribution is 2.34. The molecule has 0 unspecified atom stereocenters. The van der Waals surface area contributed by atoms with Crippen LogP contribution in [0, 0.1) is 83.6 Å². The lowest BCUT2D eigenvalue weighted by Gasteiger charge is -2.10. The molecule has 4 aromatic carbocycles. The van der Waals surface area contributed by atoms with Gasteiger partial charge in [-0.3, -0.25) is 4.99 Å². The highest BCUT2D eigenvalue weighted by Gasteiger charge is 2.31. The molecule has 0 amide bonds. The highest BCUT2D eigenvalue weighted by molar-refractivity contribution is 5.80. The number of nitriles is 3. The average molecular weight is 789 g/mol. The van der Waals surface area contributed by atoms with Crippen LogP contribution in [0.2, 0.25) is 0 Å². The van der Waals surface area contributed by atoms with Crippen LogP contribution in [0.25, 0.3) is 53.5 Å². The Hall–Kier alpha value is -9.94. The molecule has 16 nitrogen and oxygen atoms in total. The summed E-state index contributed by atoms with van der Waals surface area (Å²) in [5, 5.41) is 29.5. The van der Waals surface area contributed by atoms with Crippen molar-refractivity contribution in [2.45, 2.75) is 0 Å². The lowest BCUT2D eigenvalue weighted by atomic mass is 10.1. The third-order valence-electron chi connectivity index (χ3n) is 8.75. The van der Waals surface area contributed by atoms with Crippen molar-refractivity contribution < 1.29 is 17.6 Å². The van der Waals surface area contributed by atoms with Crippen LogP contribution in [0.1, 0.15) is 22.5 Å². The first kappa shape index (κ1) is 37.0. The highest BCUT2D eigenvalue weighted by atomic mass is 19.2. The Balaban J connectivity index is 1.40. The van der Waals surface area contributed by atoms with Gasteiger partial charge < -0.3 is 0 Å². The van der Waals surface area contributed by atoms with Crippen LogP contribution < -0.4 is 32.1 Å². The van der Waals surface area contributed by atoms with Crippen molar-refractivity contribution in [3.63, 3.8) is 0 Å². The van der Waals surface area contributed by atoms with E-state index in [0.29, 0.717) is 10.7 Å². The van der Waals surface area contributed by atoms with E-state index < -0.39 is 51.6 Å². The Kier molecular flexibility index (Phi) is 8.81. The average Bonchev–Trinajstić information content (AvgIpc) is 4.02. The predicted octanol–water partition coefficient (Wildman–Crippen LogP) is 3.92. The number of halogens is 4. The van der Waals surface area contributed by atoms with Gasteiger partial charge in [0.25, 0.3) is 5.70 Å². The third kappa shape index (κ3) is 5.67. The Morgan fingerprint density at radius 3 is 1.63 bits per heavy atom. The number of hydrogen-bond acceptors (Lipinski definition) is 12. The quantitative estimate of drug-likeness (QED) is 0.114. The number of rotatable bonds is 4. The summed E-state index contributed by atoms with van der Waals surface area (Å²) in [4.78, 5) is 52.5. The normalized spacial score (nSPS) is 14.1. The fourth-order valence-electron chi connectivity index (χ4n) is 6.06. The summed E-state index contributed by atoms with van der Waals surface area (Å²) < 4.78 is 59.4. The van der Waals surface area contributed by atoms with Crippen molar-refractivity contribution in [2.24, 2.45) is 30.0 Å². The van der Waals surface area contributed by atoms with Crippen molar-refractivity contribution >= 4 is 17.1 Å². The van der Waals surface area contributed by atoms with Crippen LogP contribution in [-0.2, 0) is 0 Å². The first-order valence-corrected chi connectivity index (χ1v) is 16.4. The SMILES string of the molecule is [C-]#[N+]C(=C1N=c2ccccc2=N1)c1nc(-c2ccc3c(c2C#N)=N/C(=C(\C#N)[N+]#[C-])N=3)nc(-c2ccc3c(c2[N+]#[C-])=N/C(=C(\[N+]#[C-])c2c(F)c(F)c(C#N)c(F)c2F)N=3)n1. The van der Waals surface area contributed by atoms with E-state index in [2.05, 4.69) is 64.3 Å². The monoisotopic (exact) mass is 788 g/mol. The molecule has 60 heavy (non-hydrogen) atoms. The first-order valence-electron chi connectivity index (χ1n) is 16.4. The van der Waals surface area contributed by atoms with Crippen molar-refractivity contribution in [3.8, 4) is 41.0 Å². The van der Waals surface area contributed by atoms with Gasteiger partial charge in [-0.1, -0.05) is 18.2 Å². The molecular formula is C40H8F4N16. The minimum Gasteiger partial charge on any atom is -0.250 e. The molecule has 276 valence electrons. The van der Waals surface area contributed by atoms with E-state index in [4.69, 9.17) is 31.6 Å². The largest absolute Gasteiger partial charge is 0.305 e. The molecule has 5 aromatic rings. The van der Waals surface area contributed by atoms with Gasteiger partial charge in [-0.15, -0.1) is 0 Å². The van der Waals surface area contributed by atoms with Gasteiger partial charge in [0.15, 0.2) is 58.2 Å². The van der Waals surface area contributed by atoms with Crippen LogP contribution in [0.5, 0.6) is 0 Å². The van der Waals surface area contributed by atoms with Gasteiger partial charge in [-0.25, -0.2) is 82.1 Å². The number of nitrogens with zero attached hydrogens (tertiary/aromatic N) is 16. The molecule has 1 aromatic heterocycles. The second-order valence-electron chi connectivity index (χ2n) is 12.0. The van der Waals surface area contributed by atoms with Gasteiger partial charge >= 0.3 is 5.70 Å².